The number of hydrogen-bond donors (Lipinski definition) is 1. The fourth-order valence-electron chi connectivity index (χ4n) is 4.15. The Morgan fingerprint density at radius 1 is 1.33 bits per heavy atom. The van der Waals surface area contributed by atoms with E-state index >= 15 is 0 Å². The van der Waals surface area contributed by atoms with Gasteiger partial charge in [0.25, 0.3) is 0 Å². The van der Waals surface area contributed by atoms with Gasteiger partial charge in [-0.05, 0) is 42.6 Å². The van der Waals surface area contributed by atoms with Gasteiger partial charge < -0.3 is 4.74 Å². The van der Waals surface area contributed by atoms with Crippen LogP contribution in [0.15, 0.2) is 12.2 Å². The second-order valence-corrected chi connectivity index (χ2v) is 6.89. The molecular weight excluding hydrogens is 228 g/mol. The van der Waals surface area contributed by atoms with Gasteiger partial charge in [0.2, 0.25) is 0 Å². The quantitative estimate of drug-likeness (QED) is 0.442. The second-order valence-electron chi connectivity index (χ2n) is 6.89. The Labute approximate surface area is 109 Å². The molecule has 3 heteroatoms. The molecule has 0 aromatic carbocycles. The van der Waals surface area contributed by atoms with Crippen molar-refractivity contribution >= 4 is 0 Å². The highest BCUT2D eigenvalue weighted by Crippen LogP contribution is 2.64. The predicted octanol–water partition coefficient (Wildman–Crippen LogP) is 3.26. The van der Waals surface area contributed by atoms with Crippen molar-refractivity contribution in [2.75, 3.05) is 6.61 Å². The Hall–Kier alpha value is -0.380. The van der Waals surface area contributed by atoms with Crippen LogP contribution in [0.25, 0.3) is 0 Å². The zero-order valence-corrected chi connectivity index (χ0v) is 11.4. The lowest BCUT2D eigenvalue weighted by Gasteiger charge is -2.38. The first-order valence-corrected chi connectivity index (χ1v) is 7.15. The zero-order valence-electron chi connectivity index (χ0n) is 11.4. The van der Waals surface area contributed by atoms with E-state index in [2.05, 4.69) is 20.4 Å². The highest BCUT2D eigenvalue weighted by Gasteiger charge is 2.61. The van der Waals surface area contributed by atoms with E-state index in [0.29, 0.717) is 17.9 Å². The van der Waals surface area contributed by atoms with Crippen molar-refractivity contribution in [2.24, 2.45) is 23.2 Å². The molecule has 1 heterocycles. The maximum absolute atomic E-state index is 9.21. The largest absolute Gasteiger partial charge is 0.377 e. The summed E-state index contributed by atoms with van der Waals surface area (Å²) in [4.78, 5) is 4.76. The monoisotopic (exact) mass is 252 g/mol. The average Bonchev–Trinajstić information content (AvgIpc) is 2.81. The zero-order chi connectivity index (χ0) is 12.9. The third-order valence-electron chi connectivity index (χ3n) is 5.63. The van der Waals surface area contributed by atoms with Crippen molar-refractivity contribution in [3.8, 4) is 0 Å². The van der Waals surface area contributed by atoms with E-state index in [0.717, 1.165) is 30.9 Å². The third kappa shape index (κ3) is 1.84. The number of hydrogen-bond acceptors (Lipinski definition) is 3. The molecule has 3 fully saturated rings. The molecule has 18 heavy (non-hydrogen) atoms. The Balaban J connectivity index is 1.76. The van der Waals surface area contributed by atoms with Crippen LogP contribution < -0.4 is 0 Å². The van der Waals surface area contributed by atoms with Crippen molar-refractivity contribution in [2.45, 2.75) is 51.7 Å². The first kappa shape index (κ1) is 12.6. The molecule has 0 bridgehead atoms. The molecular formula is C15H24O3. The summed E-state index contributed by atoms with van der Waals surface area (Å²) < 4.78 is 5.64. The lowest BCUT2D eigenvalue weighted by atomic mass is 9.85. The third-order valence-corrected chi connectivity index (χ3v) is 5.63. The minimum absolute atomic E-state index is 0.179. The summed E-state index contributed by atoms with van der Waals surface area (Å²) in [5.74, 6) is 1.85. The van der Waals surface area contributed by atoms with Crippen molar-refractivity contribution in [1.82, 2.24) is 0 Å². The predicted molar refractivity (Wildman–Crippen MR) is 69.1 cm³/mol. The van der Waals surface area contributed by atoms with Crippen molar-refractivity contribution in [3.05, 3.63) is 12.2 Å². The molecule has 0 aromatic heterocycles. The van der Waals surface area contributed by atoms with Crippen molar-refractivity contribution in [3.63, 3.8) is 0 Å². The molecule has 3 aliphatic rings. The van der Waals surface area contributed by atoms with Crippen molar-refractivity contribution in [1.29, 1.82) is 0 Å². The second kappa shape index (κ2) is 4.32. The Morgan fingerprint density at radius 2 is 2.11 bits per heavy atom. The van der Waals surface area contributed by atoms with Gasteiger partial charge in [-0.2, -0.15) is 0 Å². The van der Waals surface area contributed by atoms with Gasteiger partial charge in [0.1, 0.15) is 6.10 Å². The minimum Gasteiger partial charge on any atom is -0.377 e. The maximum Gasteiger partial charge on any atom is 0.117 e. The minimum atomic E-state index is -0.179. The fourth-order valence-corrected chi connectivity index (χ4v) is 4.15. The molecule has 1 N–H and O–H groups in total. The van der Waals surface area contributed by atoms with E-state index in [4.69, 9.17) is 9.62 Å². The molecule has 1 aliphatic heterocycles. The summed E-state index contributed by atoms with van der Waals surface area (Å²) >= 11 is 0. The Kier molecular flexibility index (Phi) is 3.04. The maximum atomic E-state index is 9.21. The molecule has 5 atom stereocenters. The molecule has 102 valence electrons. The highest BCUT2D eigenvalue weighted by molar-refractivity contribution is 5.18. The molecule has 0 aromatic rings. The topological polar surface area (TPSA) is 38.7 Å². The summed E-state index contributed by atoms with van der Waals surface area (Å²) in [6.07, 6.45) is 4.67. The van der Waals surface area contributed by atoms with Crippen LogP contribution in [0.5, 0.6) is 0 Å². The van der Waals surface area contributed by atoms with Crippen LogP contribution in [-0.2, 0) is 9.62 Å². The van der Waals surface area contributed by atoms with Gasteiger partial charge in [-0.3, -0.25) is 5.26 Å². The molecule has 0 spiro atoms. The molecule has 2 aliphatic carbocycles. The van der Waals surface area contributed by atoms with E-state index in [1.54, 1.807) is 0 Å². The van der Waals surface area contributed by atoms with Crippen LogP contribution in [0.3, 0.4) is 0 Å². The summed E-state index contributed by atoms with van der Waals surface area (Å²) in [6.45, 7) is 9.64. The molecule has 0 amide bonds. The molecule has 5 unspecified atom stereocenters. The van der Waals surface area contributed by atoms with Crippen molar-refractivity contribution < 1.29 is 14.9 Å². The smallest absolute Gasteiger partial charge is 0.117 e. The van der Waals surface area contributed by atoms with Crippen LogP contribution in [0.4, 0.5) is 0 Å². The fraction of sp³-hybridized carbons (Fsp3) is 0.867. The molecule has 3 rings (SSSR count). The Morgan fingerprint density at radius 3 is 2.72 bits per heavy atom. The van der Waals surface area contributed by atoms with Gasteiger partial charge in [-0.25, -0.2) is 4.89 Å². The van der Waals surface area contributed by atoms with E-state index < -0.39 is 0 Å². The van der Waals surface area contributed by atoms with E-state index in [-0.39, 0.29) is 11.5 Å². The van der Waals surface area contributed by atoms with E-state index in [9.17, 15) is 5.26 Å². The average molecular weight is 252 g/mol. The van der Waals surface area contributed by atoms with Gasteiger partial charge in [-0.15, -0.1) is 0 Å². The van der Waals surface area contributed by atoms with Gasteiger partial charge in [-0.1, -0.05) is 20.4 Å². The van der Waals surface area contributed by atoms with Gasteiger partial charge in [0, 0.05) is 11.8 Å². The molecule has 2 saturated carbocycles. The van der Waals surface area contributed by atoms with Crippen LogP contribution in [-0.4, -0.2) is 24.1 Å². The Bertz CT molecular complexity index is 350. The normalized spacial score (nSPS) is 46.6. The van der Waals surface area contributed by atoms with Gasteiger partial charge in [0.15, 0.2) is 0 Å². The number of rotatable bonds is 1. The SMILES string of the molecule is C=C1CCC2OCC2CCC2C(C1OO)C2(C)C. The first-order chi connectivity index (χ1) is 8.55. The summed E-state index contributed by atoms with van der Waals surface area (Å²) in [5, 5.41) is 9.21. The molecule has 0 radical (unpaired) electrons. The standard InChI is InChI=1S/C15H24O3/c1-9-4-7-12-10(8-17-12)5-6-11-13(14(9)18-16)15(11,2)3/h10-14,16H,1,4-8H2,2-3H3. The van der Waals surface area contributed by atoms with Gasteiger partial charge in [0.05, 0.1) is 12.7 Å². The van der Waals surface area contributed by atoms with E-state index in [1.165, 1.54) is 12.8 Å². The molecule has 3 nitrogen and oxygen atoms in total. The summed E-state index contributed by atoms with van der Waals surface area (Å²) in [6, 6.07) is 0. The summed E-state index contributed by atoms with van der Waals surface area (Å²) in [7, 11) is 0. The summed E-state index contributed by atoms with van der Waals surface area (Å²) in [5.41, 5.74) is 1.31. The van der Waals surface area contributed by atoms with Crippen LogP contribution >= 0.6 is 0 Å². The van der Waals surface area contributed by atoms with Crippen LogP contribution in [0, 0.1) is 23.2 Å². The highest BCUT2D eigenvalue weighted by atomic mass is 17.1. The van der Waals surface area contributed by atoms with Crippen LogP contribution in [0.2, 0.25) is 0 Å². The number of ether oxygens (including phenoxy) is 1. The van der Waals surface area contributed by atoms with Crippen LogP contribution in [0.1, 0.15) is 39.5 Å². The number of fused-ring (bicyclic) bond motifs is 2. The molecule has 1 saturated heterocycles. The lowest BCUT2D eigenvalue weighted by molar-refractivity contribution is -0.276. The first-order valence-electron chi connectivity index (χ1n) is 7.15. The van der Waals surface area contributed by atoms with Gasteiger partial charge >= 0.3 is 0 Å². The van der Waals surface area contributed by atoms with E-state index in [1.807, 2.05) is 0 Å². The lowest BCUT2D eigenvalue weighted by Crippen LogP contribution is -2.40.